The highest BCUT2D eigenvalue weighted by molar-refractivity contribution is 5.42. The van der Waals surface area contributed by atoms with Crippen molar-refractivity contribution in [3.05, 3.63) is 34.9 Å². The van der Waals surface area contributed by atoms with Crippen LogP contribution in [0.3, 0.4) is 0 Å². The normalized spacial score (nSPS) is 27.9. The van der Waals surface area contributed by atoms with Crippen molar-refractivity contribution in [3.63, 3.8) is 0 Å². The van der Waals surface area contributed by atoms with E-state index in [0.29, 0.717) is 11.8 Å². The molecule has 2 unspecified atom stereocenters. The number of nitriles is 1. The van der Waals surface area contributed by atoms with E-state index in [2.05, 4.69) is 52.0 Å². The fourth-order valence-corrected chi connectivity index (χ4v) is 2.34. The molecule has 1 aliphatic carbocycles. The lowest BCUT2D eigenvalue weighted by atomic mass is 9.93. The smallest absolute Gasteiger partial charge is 0.0693 e. The van der Waals surface area contributed by atoms with Crippen molar-refractivity contribution in [2.24, 2.45) is 5.41 Å². The summed E-state index contributed by atoms with van der Waals surface area (Å²) in [5.41, 5.74) is 3.98. The standard InChI is InChI=1S/C15H19N/c1-10(2)12-6-5-11(3)13(7-12)14-8-15(14,4)9-16/h5-7,10,14H,8H2,1-4H3. The van der Waals surface area contributed by atoms with Gasteiger partial charge in [0.15, 0.2) is 0 Å². The molecule has 1 aliphatic rings. The molecular formula is C15H19N. The van der Waals surface area contributed by atoms with E-state index < -0.39 is 0 Å². The molecule has 84 valence electrons. The molecule has 1 nitrogen and oxygen atoms in total. The van der Waals surface area contributed by atoms with Crippen molar-refractivity contribution in [1.29, 1.82) is 5.26 Å². The third-order valence-corrected chi connectivity index (χ3v) is 3.84. The summed E-state index contributed by atoms with van der Waals surface area (Å²) in [6.07, 6.45) is 1.02. The minimum Gasteiger partial charge on any atom is -0.198 e. The van der Waals surface area contributed by atoms with Crippen molar-refractivity contribution in [2.45, 2.75) is 46.0 Å². The predicted molar refractivity (Wildman–Crippen MR) is 66.3 cm³/mol. The summed E-state index contributed by atoms with van der Waals surface area (Å²) in [6.45, 7) is 8.64. The maximum Gasteiger partial charge on any atom is 0.0693 e. The van der Waals surface area contributed by atoms with Crippen LogP contribution in [-0.4, -0.2) is 0 Å². The van der Waals surface area contributed by atoms with Crippen LogP contribution in [0, 0.1) is 23.7 Å². The lowest BCUT2D eigenvalue weighted by Crippen LogP contribution is -1.97. The average Bonchev–Trinajstić information content (AvgIpc) is 2.92. The van der Waals surface area contributed by atoms with E-state index in [4.69, 9.17) is 5.26 Å². The molecule has 0 aliphatic heterocycles. The zero-order chi connectivity index (χ0) is 11.9. The molecular weight excluding hydrogens is 194 g/mol. The van der Waals surface area contributed by atoms with E-state index in [1.807, 2.05) is 0 Å². The van der Waals surface area contributed by atoms with E-state index in [0.717, 1.165) is 6.42 Å². The van der Waals surface area contributed by atoms with Crippen LogP contribution < -0.4 is 0 Å². The Morgan fingerprint density at radius 3 is 2.62 bits per heavy atom. The molecule has 0 bridgehead atoms. The lowest BCUT2D eigenvalue weighted by molar-refractivity contribution is 0.723. The SMILES string of the molecule is Cc1ccc(C(C)C)cc1C1CC1(C)C#N. The van der Waals surface area contributed by atoms with Crippen LogP contribution in [0.25, 0.3) is 0 Å². The van der Waals surface area contributed by atoms with Gasteiger partial charge in [0.2, 0.25) is 0 Å². The third-order valence-electron chi connectivity index (χ3n) is 3.84. The number of nitrogens with zero attached hydrogens (tertiary/aromatic N) is 1. The summed E-state index contributed by atoms with van der Waals surface area (Å²) in [7, 11) is 0. The number of aryl methyl sites for hydroxylation is 1. The summed E-state index contributed by atoms with van der Waals surface area (Å²) in [5, 5.41) is 9.12. The van der Waals surface area contributed by atoms with Crippen molar-refractivity contribution >= 4 is 0 Å². The second-order valence-corrected chi connectivity index (χ2v) is 5.56. The summed E-state index contributed by atoms with van der Waals surface area (Å²) in [6, 6.07) is 9.14. The predicted octanol–water partition coefficient (Wildman–Crippen LogP) is 4.14. The second kappa shape index (κ2) is 3.63. The van der Waals surface area contributed by atoms with Crippen LogP contribution in [0.15, 0.2) is 18.2 Å². The Hall–Kier alpha value is -1.29. The van der Waals surface area contributed by atoms with Gasteiger partial charge in [-0.25, -0.2) is 0 Å². The molecule has 16 heavy (non-hydrogen) atoms. The van der Waals surface area contributed by atoms with Gasteiger partial charge in [-0.05, 0) is 42.9 Å². The fraction of sp³-hybridized carbons (Fsp3) is 0.533. The van der Waals surface area contributed by atoms with Crippen LogP contribution in [0.1, 0.15) is 55.7 Å². The van der Waals surface area contributed by atoms with E-state index >= 15 is 0 Å². The second-order valence-electron chi connectivity index (χ2n) is 5.56. The number of benzene rings is 1. The topological polar surface area (TPSA) is 23.8 Å². The van der Waals surface area contributed by atoms with Crippen molar-refractivity contribution in [2.75, 3.05) is 0 Å². The Kier molecular flexibility index (Phi) is 2.54. The van der Waals surface area contributed by atoms with E-state index in [-0.39, 0.29) is 5.41 Å². The maximum absolute atomic E-state index is 9.12. The van der Waals surface area contributed by atoms with Crippen LogP contribution in [0.5, 0.6) is 0 Å². The van der Waals surface area contributed by atoms with Crippen LogP contribution in [0.4, 0.5) is 0 Å². The van der Waals surface area contributed by atoms with Crippen LogP contribution in [-0.2, 0) is 0 Å². The summed E-state index contributed by atoms with van der Waals surface area (Å²) >= 11 is 0. The Labute approximate surface area is 98.1 Å². The Bertz CT molecular complexity index is 453. The van der Waals surface area contributed by atoms with Gasteiger partial charge >= 0.3 is 0 Å². The minimum atomic E-state index is -0.111. The molecule has 0 spiro atoms. The molecule has 1 aromatic carbocycles. The van der Waals surface area contributed by atoms with Gasteiger partial charge in [-0.1, -0.05) is 32.0 Å². The first-order chi connectivity index (χ1) is 7.48. The van der Waals surface area contributed by atoms with Gasteiger partial charge in [-0.3, -0.25) is 0 Å². The minimum absolute atomic E-state index is 0.111. The number of rotatable bonds is 2. The first-order valence-electron chi connectivity index (χ1n) is 5.99. The fourth-order valence-electron chi connectivity index (χ4n) is 2.34. The van der Waals surface area contributed by atoms with Crippen molar-refractivity contribution in [1.82, 2.24) is 0 Å². The van der Waals surface area contributed by atoms with Gasteiger partial charge in [-0.2, -0.15) is 5.26 Å². The Morgan fingerprint density at radius 1 is 1.44 bits per heavy atom. The first-order valence-corrected chi connectivity index (χ1v) is 5.99. The first kappa shape index (κ1) is 11.2. The monoisotopic (exact) mass is 213 g/mol. The number of hydrogen-bond acceptors (Lipinski definition) is 1. The quantitative estimate of drug-likeness (QED) is 0.724. The van der Waals surface area contributed by atoms with Gasteiger partial charge in [0, 0.05) is 5.92 Å². The largest absolute Gasteiger partial charge is 0.198 e. The molecule has 0 radical (unpaired) electrons. The summed E-state index contributed by atoms with van der Waals surface area (Å²) in [4.78, 5) is 0. The molecule has 1 heteroatoms. The molecule has 0 N–H and O–H groups in total. The molecule has 2 atom stereocenters. The van der Waals surface area contributed by atoms with Gasteiger partial charge in [-0.15, -0.1) is 0 Å². The van der Waals surface area contributed by atoms with Crippen molar-refractivity contribution < 1.29 is 0 Å². The molecule has 0 heterocycles. The van der Waals surface area contributed by atoms with E-state index in [9.17, 15) is 0 Å². The molecule has 2 rings (SSSR count). The van der Waals surface area contributed by atoms with Gasteiger partial charge in [0.25, 0.3) is 0 Å². The summed E-state index contributed by atoms with van der Waals surface area (Å²) in [5.74, 6) is 1.02. The summed E-state index contributed by atoms with van der Waals surface area (Å²) < 4.78 is 0. The van der Waals surface area contributed by atoms with Gasteiger partial charge < -0.3 is 0 Å². The van der Waals surface area contributed by atoms with Crippen LogP contribution in [0.2, 0.25) is 0 Å². The lowest BCUT2D eigenvalue weighted by Gasteiger charge is -2.11. The highest BCUT2D eigenvalue weighted by Gasteiger charge is 2.51. The molecule has 0 aromatic heterocycles. The number of hydrogen-bond donors (Lipinski definition) is 0. The Morgan fingerprint density at radius 2 is 2.12 bits per heavy atom. The maximum atomic E-state index is 9.12. The van der Waals surface area contributed by atoms with Crippen LogP contribution >= 0.6 is 0 Å². The van der Waals surface area contributed by atoms with Gasteiger partial charge in [0.05, 0.1) is 11.5 Å². The molecule has 1 fully saturated rings. The zero-order valence-corrected chi connectivity index (χ0v) is 10.5. The third kappa shape index (κ3) is 1.73. The highest BCUT2D eigenvalue weighted by Crippen LogP contribution is 2.59. The molecule has 0 saturated heterocycles. The van der Waals surface area contributed by atoms with Gasteiger partial charge in [0.1, 0.15) is 0 Å². The molecule has 1 saturated carbocycles. The molecule has 1 aromatic rings. The zero-order valence-electron chi connectivity index (χ0n) is 10.5. The Balaban J connectivity index is 2.36. The van der Waals surface area contributed by atoms with E-state index in [1.54, 1.807) is 0 Å². The highest BCUT2D eigenvalue weighted by atomic mass is 14.5. The van der Waals surface area contributed by atoms with Crippen molar-refractivity contribution in [3.8, 4) is 6.07 Å². The van der Waals surface area contributed by atoms with E-state index in [1.165, 1.54) is 16.7 Å². The molecule has 0 amide bonds. The average molecular weight is 213 g/mol.